The molecule has 5 heteroatoms. The molecule has 2 aromatic carbocycles. The SMILES string of the molecule is Cc1ccc(NC(=O)c2cc(NCCc3ccccc3)ncn2)cc1C. The first-order chi connectivity index (χ1) is 12.6. The summed E-state index contributed by atoms with van der Waals surface area (Å²) in [4.78, 5) is 20.7. The fourth-order valence-electron chi connectivity index (χ4n) is 2.57. The van der Waals surface area contributed by atoms with Gasteiger partial charge in [-0.15, -0.1) is 0 Å². The number of aromatic nitrogens is 2. The van der Waals surface area contributed by atoms with Crippen LogP contribution in [0.3, 0.4) is 0 Å². The van der Waals surface area contributed by atoms with E-state index in [2.05, 4.69) is 32.7 Å². The van der Waals surface area contributed by atoms with Crippen LogP contribution in [-0.4, -0.2) is 22.4 Å². The molecule has 0 atom stereocenters. The van der Waals surface area contributed by atoms with Crippen molar-refractivity contribution in [1.29, 1.82) is 0 Å². The lowest BCUT2D eigenvalue weighted by atomic mass is 10.1. The molecule has 0 unspecified atom stereocenters. The minimum Gasteiger partial charge on any atom is -0.370 e. The maximum Gasteiger partial charge on any atom is 0.274 e. The Bertz CT molecular complexity index is 894. The molecule has 0 saturated heterocycles. The number of hydrogen-bond acceptors (Lipinski definition) is 4. The van der Waals surface area contributed by atoms with E-state index in [1.54, 1.807) is 6.07 Å². The second-order valence-corrected chi connectivity index (χ2v) is 6.20. The zero-order valence-corrected chi connectivity index (χ0v) is 15.0. The molecule has 132 valence electrons. The molecule has 0 saturated carbocycles. The summed E-state index contributed by atoms with van der Waals surface area (Å²) in [7, 11) is 0. The molecule has 5 nitrogen and oxygen atoms in total. The Labute approximate surface area is 153 Å². The Morgan fingerprint density at radius 2 is 1.77 bits per heavy atom. The normalized spacial score (nSPS) is 10.4. The number of hydrogen-bond donors (Lipinski definition) is 2. The van der Waals surface area contributed by atoms with Crippen molar-refractivity contribution in [1.82, 2.24) is 9.97 Å². The van der Waals surface area contributed by atoms with E-state index in [9.17, 15) is 4.79 Å². The number of carbonyl (C=O) groups excluding carboxylic acids is 1. The van der Waals surface area contributed by atoms with Crippen LogP contribution in [0, 0.1) is 13.8 Å². The zero-order chi connectivity index (χ0) is 18.4. The molecule has 1 aromatic heterocycles. The Morgan fingerprint density at radius 3 is 2.54 bits per heavy atom. The summed E-state index contributed by atoms with van der Waals surface area (Å²) in [6.45, 7) is 4.79. The van der Waals surface area contributed by atoms with Crippen LogP contribution in [0.1, 0.15) is 27.2 Å². The average molecular weight is 346 g/mol. The largest absolute Gasteiger partial charge is 0.370 e. The van der Waals surface area contributed by atoms with Gasteiger partial charge in [0.2, 0.25) is 0 Å². The van der Waals surface area contributed by atoms with Gasteiger partial charge in [-0.3, -0.25) is 4.79 Å². The second-order valence-electron chi connectivity index (χ2n) is 6.20. The molecule has 0 bridgehead atoms. The third-order valence-corrected chi connectivity index (χ3v) is 4.23. The van der Waals surface area contributed by atoms with Gasteiger partial charge in [0.1, 0.15) is 17.8 Å². The van der Waals surface area contributed by atoms with E-state index in [0.717, 1.165) is 24.2 Å². The average Bonchev–Trinajstić information content (AvgIpc) is 2.66. The molecule has 0 radical (unpaired) electrons. The summed E-state index contributed by atoms with van der Waals surface area (Å²) in [5.41, 5.74) is 4.67. The summed E-state index contributed by atoms with van der Waals surface area (Å²) in [6.07, 6.45) is 2.29. The van der Waals surface area contributed by atoms with E-state index in [-0.39, 0.29) is 5.91 Å². The lowest BCUT2D eigenvalue weighted by Crippen LogP contribution is -2.15. The summed E-state index contributed by atoms with van der Waals surface area (Å²) >= 11 is 0. The third-order valence-electron chi connectivity index (χ3n) is 4.23. The maximum atomic E-state index is 12.4. The zero-order valence-electron chi connectivity index (χ0n) is 15.0. The minimum atomic E-state index is -0.248. The number of nitrogens with zero attached hydrogens (tertiary/aromatic N) is 2. The molecule has 3 aromatic rings. The van der Waals surface area contributed by atoms with Crippen molar-refractivity contribution in [3.8, 4) is 0 Å². The van der Waals surface area contributed by atoms with Crippen LogP contribution in [-0.2, 0) is 6.42 Å². The van der Waals surface area contributed by atoms with Crippen molar-refractivity contribution in [2.45, 2.75) is 20.3 Å². The van der Waals surface area contributed by atoms with E-state index < -0.39 is 0 Å². The highest BCUT2D eigenvalue weighted by atomic mass is 16.1. The monoisotopic (exact) mass is 346 g/mol. The van der Waals surface area contributed by atoms with Crippen LogP contribution in [0.5, 0.6) is 0 Å². The Morgan fingerprint density at radius 1 is 0.962 bits per heavy atom. The van der Waals surface area contributed by atoms with Gasteiger partial charge in [0.25, 0.3) is 5.91 Å². The topological polar surface area (TPSA) is 66.9 Å². The van der Waals surface area contributed by atoms with E-state index in [4.69, 9.17) is 0 Å². The molecule has 1 heterocycles. The van der Waals surface area contributed by atoms with Gasteiger partial charge in [0.05, 0.1) is 0 Å². The first kappa shape index (κ1) is 17.6. The number of carbonyl (C=O) groups is 1. The van der Waals surface area contributed by atoms with Crippen LogP contribution in [0.4, 0.5) is 11.5 Å². The maximum absolute atomic E-state index is 12.4. The van der Waals surface area contributed by atoms with E-state index in [0.29, 0.717) is 11.5 Å². The number of rotatable bonds is 6. The molecule has 0 aliphatic carbocycles. The van der Waals surface area contributed by atoms with Crippen molar-refractivity contribution >= 4 is 17.4 Å². The Kier molecular flexibility index (Phi) is 5.59. The van der Waals surface area contributed by atoms with Gasteiger partial charge in [-0.25, -0.2) is 9.97 Å². The van der Waals surface area contributed by atoms with Crippen molar-refractivity contribution < 1.29 is 4.79 Å². The lowest BCUT2D eigenvalue weighted by molar-refractivity contribution is 0.102. The highest BCUT2D eigenvalue weighted by Crippen LogP contribution is 2.15. The van der Waals surface area contributed by atoms with Crippen molar-refractivity contribution in [2.75, 3.05) is 17.2 Å². The van der Waals surface area contributed by atoms with Crippen LogP contribution in [0.25, 0.3) is 0 Å². The van der Waals surface area contributed by atoms with E-state index in [1.165, 1.54) is 17.5 Å². The molecular weight excluding hydrogens is 324 g/mol. The second kappa shape index (κ2) is 8.25. The minimum absolute atomic E-state index is 0.248. The van der Waals surface area contributed by atoms with Gasteiger partial charge in [0.15, 0.2) is 0 Å². The molecule has 0 aliphatic heterocycles. The predicted molar refractivity (Wildman–Crippen MR) is 105 cm³/mol. The summed E-state index contributed by atoms with van der Waals surface area (Å²) in [5.74, 6) is 0.392. The molecule has 26 heavy (non-hydrogen) atoms. The van der Waals surface area contributed by atoms with Gasteiger partial charge < -0.3 is 10.6 Å². The van der Waals surface area contributed by atoms with E-state index >= 15 is 0 Å². The fraction of sp³-hybridized carbons (Fsp3) is 0.190. The Balaban J connectivity index is 1.60. The number of benzene rings is 2. The van der Waals surface area contributed by atoms with E-state index in [1.807, 2.05) is 50.2 Å². The summed E-state index contributed by atoms with van der Waals surface area (Å²) in [5, 5.41) is 6.12. The Hall–Kier alpha value is -3.21. The van der Waals surface area contributed by atoms with Gasteiger partial charge in [-0.05, 0) is 49.1 Å². The number of amides is 1. The van der Waals surface area contributed by atoms with Gasteiger partial charge >= 0.3 is 0 Å². The predicted octanol–water partition coefficient (Wildman–Crippen LogP) is 4.00. The van der Waals surface area contributed by atoms with Crippen LogP contribution in [0.15, 0.2) is 60.9 Å². The van der Waals surface area contributed by atoms with Gasteiger partial charge in [0, 0.05) is 18.3 Å². The molecular formula is C21H22N4O. The molecule has 0 aliphatic rings. The molecule has 2 N–H and O–H groups in total. The molecule has 1 amide bonds. The van der Waals surface area contributed by atoms with Crippen LogP contribution < -0.4 is 10.6 Å². The standard InChI is InChI=1S/C21H22N4O/c1-15-8-9-18(12-16(15)2)25-21(26)19-13-20(24-14-23-19)22-11-10-17-6-4-3-5-7-17/h3-9,12-14H,10-11H2,1-2H3,(H,25,26)(H,22,23,24). The van der Waals surface area contributed by atoms with Crippen molar-refractivity contribution in [3.63, 3.8) is 0 Å². The number of anilines is 2. The first-order valence-electron chi connectivity index (χ1n) is 8.60. The molecule has 0 spiro atoms. The highest BCUT2D eigenvalue weighted by Gasteiger charge is 2.09. The summed E-state index contributed by atoms with van der Waals surface area (Å²) < 4.78 is 0. The third kappa shape index (κ3) is 4.66. The highest BCUT2D eigenvalue weighted by molar-refractivity contribution is 6.03. The fourth-order valence-corrected chi connectivity index (χ4v) is 2.57. The lowest BCUT2D eigenvalue weighted by Gasteiger charge is -2.09. The first-order valence-corrected chi connectivity index (χ1v) is 8.60. The van der Waals surface area contributed by atoms with Gasteiger partial charge in [-0.1, -0.05) is 36.4 Å². The van der Waals surface area contributed by atoms with Crippen molar-refractivity contribution in [3.05, 3.63) is 83.3 Å². The summed E-state index contributed by atoms with van der Waals surface area (Å²) in [6, 6.07) is 17.7. The number of aryl methyl sites for hydroxylation is 2. The number of nitrogens with one attached hydrogen (secondary N) is 2. The van der Waals surface area contributed by atoms with Gasteiger partial charge in [-0.2, -0.15) is 0 Å². The molecule has 0 fully saturated rings. The quantitative estimate of drug-likeness (QED) is 0.708. The van der Waals surface area contributed by atoms with Crippen molar-refractivity contribution in [2.24, 2.45) is 0 Å². The smallest absolute Gasteiger partial charge is 0.274 e. The van der Waals surface area contributed by atoms with Crippen LogP contribution >= 0.6 is 0 Å². The van der Waals surface area contributed by atoms with Crippen LogP contribution in [0.2, 0.25) is 0 Å². The molecule has 3 rings (SSSR count).